The molecule has 0 spiro atoms. The second-order valence-corrected chi connectivity index (χ2v) is 7.01. The molecule has 126 valence electrons. The van der Waals surface area contributed by atoms with E-state index in [0.717, 1.165) is 10.9 Å². The van der Waals surface area contributed by atoms with E-state index in [1.54, 1.807) is 13.2 Å². The zero-order chi connectivity index (χ0) is 17.2. The lowest BCUT2D eigenvalue weighted by atomic mass is 9.88. The second-order valence-electron chi connectivity index (χ2n) is 7.01. The van der Waals surface area contributed by atoms with Crippen LogP contribution < -0.4 is 10.1 Å². The van der Waals surface area contributed by atoms with Crippen LogP contribution in [0.2, 0.25) is 0 Å². The summed E-state index contributed by atoms with van der Waals surface area (Å²) in [5.74, 6) is 0.541. The van der Waals surface area contributed by atoms with Crippen molar-refractivity contribution in [3.63, 3.8) is 0 Å². The predicted octanol–water partition coefficient (Wildman–Crippen LogP) is 3.28. The smallest absolute Gasteiger partial charge is 0.287 e. The van der Waals surface area contributed by atoms with Gasteiger partial charge in [-0.3, -0.25) is 4.79 Å². The maximum absolute atomic E-state index is 12.5. The third kappa shape index (κ3) is 3.85. The Bertz CT molecular complexity index is 697. The number of para-hydroxylation sites is 1. The Hall–Kier alpha value is -2.01. The van der Waals surface area contributed by atoms with Crippen molar-refractivity contribution in [2.24, 2.45) is 5.41 Å². The van der Waals surface area contributed by atoms with E-state index >= 15 is 0 Å². The van der Waals surface area contributed by atoms with Gasteiger partial charge in [-0.25, -0.2) is 0 Å². The van der Waals surface area contributed by atoms with E-state index in [-0.39, 0.29) is 29.7 Å². The van der Waals surface area contributed by atoms with Gasteiger partial charge in [-0.05, 0) is 24.8 Å². The number of aliphatic hydroxyl groups is 1. The lowest BCUT2D eigenvalue weighted by Crippen LogP contribution is -2.40. The number of aryl methyl sites for hydroxylation is 1. The van der Waals surface area contributed by atoms with E-state index in [1.165, 1.54) is 0 Å². The van der Waals surface area contributed by atoms with Crippen LogP contribution in [-0.2, 0) is 0 Å². The summed E-state index contributed by atoms with van der Waals surface area (Å²) in [7, 11) is 1.57. The minimum Gasteiger partial charge on any atom is -0.493 e. The van der Waals surface area contributed by atoms with Crippen LogP contribution in [0.25, 0.3) is 11.0 Å². The third-order valence-electron chi connectivity index (χ3n) is 3.77. The first-order valence-electron chi connectivity index (χ1n) is 7.74. The van der Waals surface area contributed by atoms with Crippen LogP contribution in [0.3, 0.4) is 0 Å². The molecule has 5 heteroatoms. The fourth-order valence-corrected chi connectivity index (χ4v) is 2.75. The highest BCUT2D eigenvalue weighted by atomic mass is 16.5. The van der Waals surface area contributed by atoms with Gasteiger partial charge in [0, 0.05) is 10.9 Å². The van der Waals surface area contributed by atoms with Gasteiger partial charge in [0.25, 0.3) is 5.91 Å². The number of hydrogen-bond donors (Lipinski definition) is 2. The molecule has 1 aromatic carbocycles. The number of amides is 1. The lowest BCUT2D eigenvalue weighted by Gasteiger charge is -2.25. The van der Waals surface area contributed by atoms with E-state index < -0.39 is 0 Å². The number of ether oxygens (including phenoxy) is 1. The number of fused-ring (bicyclic) bond motifs is 1. The maximum Gasteiger partial charge on any atom is 0.287 e. The summed E-state index contributed by atoms with van der Waals surface area (Å²) in [6.45, 7) is 7.95. The summed E-state index contributed by atoms with van der Waals surface area (Å²) < 4.78 is 11.0. The summed E-state index contributed by atoms with van der Waals surface area (Å²) >= 11 is 0. The number of carbonyl (C=O) groups excluding carboxylic acids is 1. The van der Waals surface area contributed by atoms with Gasteiger partial charge in [0.1, 0.15) is 0 Å². The number of carbonyl (C=O) groups is 1. The van der Waals surface area contributed by atoms with Gasteiger partial charge in [0.15, 0.2) is 17.1 Å². The van der Waals surface area contributed by atoms with Crippen LogP contribution in [-0.4, -0.2) is 30.8 Å². The molecule has 0 saturated carbocycles. The van der Waals surface area contributed by atoms with Crippen molar-refractivity contribution in [1.29, 1.82) is 0 Å². The van der Waals surface area contributed by atoms with Gasteiger partial charge in [-0.1, -0.05) is 32.9 Å². The van der Waals surface area contributed by atoms with E-state index in [1.807, 2.05) is 19.1 Å². The number of hydrogen-bond acceptors (Lipinski definition) is 4. The number of benzene rings is 1. The van der Waals surface area contributed by atoms with Gasteiger partial charge in [0.2, 0.25) is 0 Å². The molecule has 1 atom stereocenters. The summed E-state index contributed by atoms with van der Waals surface area (Å²) in [6, 6.07) is 5.24. The molecule has 2 aromatic rings. The van der Waals surface area contributed by atoms with E-state index in [0.29, 0.717) is 17.8 Å². The average molecular weight is 319 g/mol. The molecule has 1 aromatic heterocycles. The molecule has 5 nitrogen and oxygen atoms in total. The fraction of sp³-hybridized carbons (Fsp3) is 0.500. The average Bonchev–Trinajstić information content (AvgIpc) is 2.82. The predicted molar refractivity (Wildman–Crippen MR) is 89.9 cm³/mol. The lowest BCUT2D eigenvalue weighted by molar-refractivity contribution is 0.0871. The van der Waals surface area contributed by atoms with Gasteiger partial charge in [-0.2, -0.15) is 0 Å². The van der Waals surface area contributed by atoms with Crippen molar-refractivity contribution < 1.29 is 19.1 Å². The highest BCUT2D eigenvalue weighted by Gasteiger charge is 2.24. The van der Waals surface area contributed by atoms with E-state index in [4.69, 9.17) is 9.15 Å². The summed E-state index contributed by atoms with van der Waals surface area (Å²) in [4.78, 5) is 12.5. The van der Waals surface area contributed by atoms with Crippen LogP contribution in [0, 0.1) is 12.3 Å². The second kappa shape index (κ2) is 6.62. The number of rotatable bonds is 5. The van der Waals surface area contributed by atoms with Crippen LogP contribution in [0.1, 0.15) is 43.3 Å². The standard InChI is InChI=1S/C18H25NO4/c1-11-13-7-6-8-14(22-5)16(13)23-15(11)17(21)19-12(10-20)9-18(2,3)4/h6-8,12,20H,9-10H2,1-5H3,(H,19,21). The molecule has 0 bridgehead atoms. The quantitative estimate of drug-likeness (QED) is 0.887. The SMILES string of the molecule is COc1cccc2c(C)c(C(=O)NC(CO)CC(C)(C)C)oc12. The molecule has 1 unspecified atom stereocenters. The molecular weight excluding hydrogens is 294 g/mol. The Kier molecular flexibility index (Phi) is 5.00. The summed E-state index contributed by atoms with van der Waals surface area (Å²) in [6.07, 6.45) is 0.678. The fourth-order valence-electron chi connectivity index (χ4n) is 2.75. The molecule has 23 heavy (non-hydrogen) atoms. The number of furan rings is 1. The number of methoxy groups -OCH3 is 1. The molecule has 0 aliphatic rings. The topological polar surface area (TPSA) is 71.7 Å². The first kappa shape index (κ1) is 17.3. The molecule has 0 aliphatic heterocycles. The Morgan fingerprint density at radius 3 is 2.65 bits per heavy atom. The van der Waals surface area contributed by atoms with Crippen molar-refractivity contribution in [2.45, 2.75) is 40.2 Å². The Labute approximate surface area is 136 Å². The van der Waals surface area contributed by atoms with Crippen LogP contribution in [0.4, 0.5) is 0 Å². The van der Waals surface area contributed by atoms with Crippen LogP contribution in [0.5, 0.6) is 5.75 Å². The normalized spacial score (nSPS) is 13.1. The maximum atomic E-state index is 12.5. The van der Waals surface area contributed by atoms with Gasteiger partial charge >= 0.3 is 0 Å². The van der Waals surface area contributed by atoms with Crippen molar-refractivity contribution >= 4 is 16.9 Å². The molecule has 0 saturated heterocycles. The molecule has 2 rings (SSSR count). The Morgan fingerprint density at radius 2 is 2.09 bits per heavy atom. The Morgan fingerprint density at radius 1 is 1.39 bits per heavy atom. The van der Waals surface area contributed by atoms with E-state index in [2.05, 4.69) is 26.1 Å². The molecule has 0 radical (unpaired) electrons. The molecule has 0 aliphatic carbocycles. The highest BCUT2D eigenvalue weighted by Crippen LogP contribution is 2.32. The van der Waals surface area contributed by atoms with Crippen molar-refractivity contribution in [1.82, 2.24) is 5.32 Å². The molecule has 1 amide bonds. The van der Waals surface area contributed by atoms with Crippen molar-refractivity contribution in [3.8, 4) is 5.75 Å². The third-order valence-corrected chi connectivity index (χ3v) is 3.77. The summed E-state index contributed by atoms with van der Waals surface area (Å²) in [5.41, 5.74) is 1.34. The van der Waals surface area contributed by atoms with E-state index in [9.17, 15) is 9.90 Å². The largest absolute Gasteiger partial charge is 0.493 e. The first-order chi connectivity index (χ1) is 10.8. The molecule has 2 N–H and O–H groups in total. The zero-order valence-electron chi connectivity index (χ0n) is 14.4. The zero-order valence-corrected chi connectivity index (χ0v) is 14.4. The van der Waals surface area contributed by atoms with Crippen LogP contribution in [0.15, 0.2) is 22.6 Å². The van der Waals surface area contributed by atoms with Crippen LogP contribution >= 0.6 is 0 Å². The van der Waals surface area contributed by atoms with Gasteiger partial charge < -0.3 is 19.6 Å². The number of nitrogens with one attached hydrogen (secondary N) is 1. The molecule has 1 heterocycles. The van der Waals surface area contributed by atoms with Gasteiger partial charge in [0.05, 0.1) is 19.8 Å². The minimum absolute atomic E-state index is 0.00676. The van der Waals surface area contributed by atoms with Crippen molar-refractivity contribution in [3.05, 3.63) is 29.5 Å². The minimum atomic E-state index is -0.316. The molecular formula is C18H25NO4. The summed E-state index contributed by atoms with van der Waals surface area (Å²) in [5, 5.41) is 13.2. The highest BCUT2D eigenvalue weighted by molar-refractivity contribution is 6.00. The monoisotopic (exact) mass is 319 g/mol. The number of aliphatic hydroxyl groups excluding tert-OH is 1. The first-order valence-corrected chi connectivity index (χ1v) is 7.74. The van der Waals surface area contributed by atoms with Crippen molar-refractivity contribution in [2.75, 3.05) is 13.7 Å². The molecule has 0 fully saturated rings. The van der Waals surface area contributed by atoms with Gasteiger partial charge in [-0.15, -0.1) is 0 Å². The Balaban J connectivity index is 2.29.